The van der Waals surface area contributed by atoms with Crippen LogP contribution >= 0.6 is 0 Å². The predicted molar refractivity (Wildman–Crippen MR) is 114 cm³/mol. The van der Waals surface area contributed by atoms with Gasteiger partial charge in [-0.25, -0.2) is 9.59 Å². The first-order chi connectivity index (χ1) is 14.6. The van der Waals surface area contributed by atoms with Gasteiger partial charge in [0.1, 0.15) is 6.61 Å². The molecule has 5 heteroatoms. The second-order valence-electron chi connectivity index (χ2n) is 6.68. The van der Waals surface area contributed by atoms with E-state index in [0.29, 0.717) is 22.5 Å². The van der Waals surface area contributed by atoms with Gasteiger partial charge in [0.25, 0.3) is 0 Å². The smallest absolute Gasteiger partial charge is 0.336 e. The summed E-state index contributed by atoms with van der Waals surface area (Å²) in [7, 11) is 0. The van der Waals surface area contributed by atoms with Gasteiger partial charge in [-0.05, 0) is 25.0 Å². The molecule has 2 aromatic rings. The Hall–Kier alpha value is -3.78. The maximum Gasteiger partial charge on any atom is 0.336 e. The topological polar surface area (TPSA) is 55.8 Å². The van der Waals surface area contributed by atoms with Gasteiger partial charge >= 0.3 is 11.9 Å². The quantitative estimate of drug-likeness (QED) is 0.534. The number of allylic oxidation sites excluding steroid dienone is 1. The number of carbonyl (C=O) groups excluding carboxylic acids is 2. The fraction of sp³-hybridized carbons (Fsp3) is 0.200. The van der Waals surface area contributed by atoms with Crippen LogP contribution in [0.3, 0.4) is 0 Å². The van der Waals surface area contributed by atoms with Crippen molar-refractivity contribution in [2.45, 2.75) is 26.9 Å². The Kier molecular flexibility index (Phi) is 6.71. The van der Waals surface area contributed by atoms with Gasteiger partial charge < -0.3 is 9.47 Å². The van der Waals surface area contributed by atoms with Crippen LogP contribution in [0, 0.1) is 12.5 Å². The lowest BCUT2D eigenvalue weighted by Crippen LogP contribution is -2.28. The first-order valence-electron chi connectivity index (χ1n) is 9.69. The van der Waals surface area contributed by atoms with Gasteiger partial charge in [-0.15, -0.1) is 0 Å². The molecule has 2 aromatic carbocycles. The number of benzene rings is 2. The monoisotopic (exact) mass is 401 g/mol. The van der Waals surface area contributed by atoms with Crippen molar-refractivity contribution in [1.82, 2.24) is 4.90 Å². The number of hydrogen-bond donors (Lipinski definition) is 0. The van der Waals surface area contributed by atoms with Crippen LogP contribution in [-0.2, 0) is 25.7 Å². The van der Waals surface area contributed by atoms with E-state index in [1.54, 1.807) is 13.8 Å². The van der Waals surface area contributed by atoms with E-state index in [1.165, 1.54) is 4.90 Å². The van der Waals surface area contributed by atoms with Gasteiger partial charge in [0.15, 0.2) is 0 Å². The largest absolute Gasteiger partial charge is 0.463 e. The Morgan fingerprint density at radius 1 is 0.967 bits per heavy atom. The molecule has 0 aliphatic carbocycles. The van der Waals surface area contributed by atoms with Crippen molar-refractivity contribution in [3.8, 4) is 12.5 Å². The van der Waals surface area contributed by atoms with Crippen molar-refractivity contribution in [3.63, 3.8) is 0 Å². The standard InChI is InChI=1S/C25H23NO4/c1-4-26-18(3)21(24(27)29-5-2)16-22(23(26)20-14-10-7-11-15-20)25(28)30-17-19-12-8-6-9-13-19/h1,6-15H,5,16-17H2,2-3H3. The second-order valence-corrected chi connectivity index (χ2v) is 6.68. The molecule has 0 unspecified atom stereocenters. The highest BCUT2D eigenvalue weighted by Gasteiger charge is 2.33. The molecule has 1 aliphatic heterocycles. The Morgan fingerprint density at radius 3 is 2.17 bits per heavy atom. The average molecular weight is 401 g/mol. The van der Waals surface area contributed by atoms with E-state index < -0.39 is 11.9 Å². The third-order valence-electron chi connectivity index (χ3n) is 4.79. The van der Waals surface area contributed by atoms with Gasteiger partial charge in [0.2, 0.25) is 0 Å². The van der Waals surface area contributed by atoms with E-state index in [2.05, 4.69) is 6.04 Å². The average Bonchev–Trinajstić information content (AvgIpc) is 2.78. The SMILES string of the molecule is C#CN1C(C)=C(C(=O)OCC)CC(C(=O)OCc2ccccc2)=C1c1ccccc1. The molecule has 0 spiro atoms. The third-order valence-corrected chi connectivity index (χ3v) is 4.79. The third kappa shape index (κ3) is 4.44. The van der Waals surface area contributed by atoms with Gasteiger partial charge in [-0.3, -0.25) is 4.90 Å². The fourth-order valence-corrected chi connectivity index (χ4v) is 3.30. The molecular formula is C25H23NO4. The van der Waals surface area contributed by atoms with Crippen molar-refractivity contribution in [2.75, 3.05) is 6.61 Å². The summed E-state index contributed by atoms with van der Waals surface area (Å²) in [5.74, 6) is -1.01. The number of rotatable bonds is 6. The van der Waals surface area contributed by atoms with E-state index >= 15 is 0 Å². The maximum atomic E-state index is 13.1. The lowest BCUT2D eigenvalue weighted by Gasteiger charge is -2.31. The molecule has 1 aliphatic rings. The zero-order valence-corrected chi connectivity index (χ0v) is 17.1. The Morgan fingerprint density at radius 2 is 1.57 bits per heavy atom. The van der Waals surface area contributed by atoms with Crippen molar-refractivity contribution in [1.29, 1.82) is 0 Å². The molecule has 0 atom stereocenters. The number of esters is 2. The van der Waals surface area contributed by atoms with Crippen LogP contribution < -0.4 is 0 Å². The molecule has 0 saturated heterocycles. The Balaban J connectivity index is 2.01. The summed E-state index contributed by atoms with van der Waals surface area (Å²) in [6.45, 7) is 3.84. The van der Waals surface area contributed by atoms with Gasteiger partial charge in [-0.2, -0.15) is 0 Å². The number of hydrogen-bond acceptors (Lipinski definition) is 5. The lowest BCUT2D eigenvalue weighted by atomic mass is 9.93. The van der Waals surface area contributed by atoms with Crippen molar-refractivity contribution in [2.24, 2.45) is 0 Å². The molecule has 1 heterocycles. The first-order valence-corrected chi connectivity index (χ1v) is 9.69. The lowest BCUT2D eigenvalue weighted by molar-refractivity contribution is -0.140. The Bertz CT molecular complexity index is 1030. The van der Waals surface area contributed by atoms with E-state index in [4.69, 9.17) is 15.9 Å². The first kappa shape index (κ1) is 20.9. The summed E-state index contributed by atoms with van der Waals surface area (Å²) in [6.07, 6.45) is 5.87. The van der Waals surface area contributed by atoms with E-state index in [0.717, 1.165) is 11.1 Å². The number of carbonyl (C=O) groups is 2. The summed E-state index contributed by atoms with van der Waals surface area (Å²) in [4.78, 5) is 27.1. The van der Waals surface area contributed by atoms with Crippen LogP contribution in [0.4, 0.5) is 0 Å². The highest BCUT2D eigenvalue weighted by Crippen LogP contribution is 2.37. The highest BCUT2D eigenvalue weighted by atomic mass is 16.5. The van der Waals surface area contributed by atoms with Crippen LogP contribution in [0.1, 0.15) is 31.4 Å². The molecule has 0 N–H and O–H groups in total. The molecule has 152 valence electrons. The molecule has 0 fully saturated rings. The maximum absolute atomic E-state index is 13.1. The zero-order valence-electron chi connectivity index (χ0n) is 17.1. The minimum Gasteiger partial charge on any atom is -0.463 e. The molecule has 5 nitrogen and oxygen atoms in total. The summed E-state index contributed by atoms with van der Waals surface area (Å²) < 4.78 is 10.7. The highest BCUT2D eigenvalue weighted by molar-refractivity contribution is 6.03. The van der Waals surface area contributed by atoms with E-state index in [-0.39, 0.29) is 19.6 Å². The van der Waals surface area contributed by atoms with E-state index in [9.17, 15) is 9.59 Å². The molecular weight excluding hydrogens is 378 g/mol. The number of ether oxygens (including phenoxy) is 2. The zero-order chi connectivity index (χ0) is 21.5. The molecule has 30 heavy (non-hydrogen) atoms. The van der Waals surface area contributed by atoms with Crippen LogP contribution in [0.25, 0.3) is 5.70 Å². The van der Waals surface area contributed by atoms with Crippen LogP contribution in [-0.4, -0.2) is 23.4 Å². The second kappa shape index (κ2) is 9.62. The predicted octanol–water partition coefficient (Wildman–Crippen LogP) is 4.27. The molecule has 0 aromatic heterocycles. The fourth-order valence-electron chi connectivity index (χ4n) is 3.30. The summed E-state index contributed by atoms with van der Waals surface area (Å²) in [5.41, 5.74) is 3.42. The summed E-state index contributed by atoms with van der Waals surface area (Å²) in [6, 6.07) is 21.3. The van der Waals surface area contributed by atoms with E-state index in [1.807, 2.05) is 60.7 Å². The minimum absolute atomic E-state index is 0.0840. The molecule has 0 amide bonds. The van der Waals surface area contributed by atoms with Crippen molar-refractivity contribution in [3.05, 3.63) is 88.6 Å². The summed E-state index contributed by atoms with van der Waals surface area (Å²) >= 11 is 0. The van der Waals surface area contributed by atoms with Gasteiger partial charge in [0, 0.05) is 18.2 Å². The molecule has 3 rings (SSSR count). The van der Waals surface area contributed by atoms with Gasteiger partial charge in [-0.1, -0.05) is 67.1 Å². The summed E-state index contributed by atoms with van der Waals surface area (Å²) in [5, 5.41) is 0. The minimum atomic E-state index is -0.521. The Labute approximate surface area is 176 Å². The van der Waals surface area contributed by atoms with Crippen LogP contribution in [0.5, 0.6) is 0 Å². The normalized spacial score (nSPS) is 13.7. The molecule has 0 saturated carbocycles. The molecule has 0 radical (unpaired) electrons. The number of nitrogens with zero attached hydrogens (tertiary/aromatic N) is 1. The van der Waals surface area contributed by atoms with Crippen LogP contribution in [0.15, 0.2) is 77.5 Å². The van der Waals surface area contributed by atoms with Crippen molar-refractivity contribution < 1.29 is 19.1 Å². The molecule has 0 bridgehead atoms. The van der Waals surface area contributed by atoms with Crippen LogP contribution in [0.2, 0.25) is 0 Å². The van der Waals surface area contributed by atoms with Gasteiger partial charge in [0.05, 0.1) is 23.5 Å². The van der Waals surface area contributed by atoms with Crippen molar-refractivity contribution >= 4 is 17.6 Å². The number of terminal acetylenes is 1.